The Morgan fingerprint density at radius 2 is 1.82 bits per heavy atom. The molecule has 0 saturated heterocycles. The fourth-order valence-corrected chi connectivity index (χ4v) is 2.77. The van der Waals surface area contributed by atoms with Crippen LogP contribution in [0.25, 0.3) is 0 Å². The van der Waals surface area contributed by atoms with Gasteiger partial charge >= 0.3 is 0 Å². The zero-order valence-electron chi connectivity index (χ0n) is 14.0. The van der Waals surface area contributed by atoms with Crippen molar-refractivity contribution in [3.8, 4) is 0 Å². The maximum atomic E-state index is 12.7. The molecule has 1 aromatic carbocycles. The largest absolute Gasteiger partial charge is 0.345 e. The van der Waals surface area contributed by atoms with E-state index >= 15 is 0 Å². The lowest BCUT2D eigenvalue weighted by Gasteiger charge is -2.23. The quantitative estimate of drug-likeness (QED) is 0.820. The van der Waals surface area contributed by atoms with Gasteiger partial charge in [0.05, 0.1) is 0 Å². The Hall–Kier alpha value is -1.84. The van der Waals surface area contributed by atoms with Crippen molar-refractivity contribution in [2.24, 2.45) is 5.41 Å². The third-order valence-electron chi connectivity index (χ3n) is 4.51. The van der Waals surface area contributed by atoms with Crippen LogP contribution in [0.5, 0.6) is 0 Å². The molecule has 1 saturated carbocycles. The van der Waals surface area contributed by atoms with Crippen molar-refractivity contribution in [1.29, 1.82) is 0 Å². The van der Waals surface area contributed by atoms with E-state index in [9.17, 15) is 9.59 Å². The minimum atomic E-state index is -0.836. The monoisotopic (exact) mass is 302 g/mol. The van der Waals surface area contributed by atoms with Crippen LogP contribution in [0.4, 0.5) is 5.69 Å². The number of unbranched alkanes of at least 4 members (excludes halogenated alkanes) is 1. The van der Waals surface area contributed by atoms with Gasteiger partial charge in [-0.15, -0.1) is 0 Å². The van der Waals surface area contributed by atoms with E-state index in [1.54, 1.807) is 11.9 Å². The molecule has 1 fully saturated rings. The summed E-state index contributed by atoms with van der Waals surface area (Å²) in [6, 6.07) is 5.91. The molecule has 0 unspecified atom stereocenters. The number of carbonyl (C=O) groups is 2. The van der Waals surface area contributed by atoms with Gasteiger partial charge in [-0.2, -0.15) is 0 Å². The molecule has 1 aliphatic rings. The number of nitrogens with one attached hydrogen (secondary N) is 1. The molecule has 0 radical (unpaired) electrons. The Bertz CT molecular complexity index is 556. The molecule has 4 nitrogen and oxygen atoms in total. The molecule has 120 valence electrons. The highest BCUT2D eigenvalue weighted by Gasteiger charge is 2.57. The number of hydrogen-bond acceptors (Lipinski definition) is 2. The average molecular weight is 302 g/mol. The van der Waals surface area contributed by atoms with Gasteiger partial charge in [0.2, 0.25) is 11.8 Å². The summed E-state index contributed by atoms with van der Waals surface area (Å²) in [7, 11) is 1.80. The summed E-state index contributed by atoms with van der Waals surface area (Å²) in [5.41, 5.74) is 2.05. The van der Waals surface area contributed by atoms with Crippen LogP contribution in [0.1, 0.15) is 43.7 Å². The first kappa shape index (κ1) is 16.5. The molecule has 22 heavy (non-hydrogen) atoms. The van der Waals surface area contributed by atoms with Crippen LogP contribution < -0.4 is 5.32 Å². The van der Waals surface area contributed by atoms with Gasteiger partial charge < -0.3 is 10.2 Å². The molecule has 2 amide bonds. The van der Waals surface area contributed by atoms with Crippen molar-refractivity contribution < 1.29 is 9.59 Å². The van der Waals surface area contributed by atoms with E-state index < -0.39 is 5.41 Å². The van der Waals surface area contributed by atoms with Crippen LogP contribution in [-0.4, -0.2) is 30.3 Å². The molecular weight excluding hydrogens is 276 g/mol. The first-order valence-corrected chi connectivity index (χ1v) is 8.05. The van der Waals surface area contributed by atoms with Crippen molar-refractivity contribution in [3.63, 3.8) is 0 Å². The van der Waals surface area contributed by atoms with Crippen molar-refractivity contribution in [2.45, 2.75) is 46.5 Å². The van der Waals surface area contributed by atoms with Crippen molar-refractivity contribution >= 4 is 17.5 Å². The number of para-hydroxylation sites is 1. The Kier molecular flexibility index (Phi) is 4.89. The minimum absolute atomic E-state index is 0.0373. The van der Waals surface area contributed by atoms with Crippen LogP contribution in [0.15, 0.2) is 18.2 Å². The molecule has 0 aromatic heterocycles. The predicted octanol–water partition coefficient (Wildman–Crippen LogP) is 3.28. The topological polar surface area (TPSA) is 49.4 Å². The summed E-state index contributed by atoms with van der Waals surface area (Å²) >= 11 is 0. The van der Waals surface area contributed by atoms with E-state index in [-0.39, 0.29) is 11.8 Å². The molecule has 1 N–H and O–H groups in total. The molecule has 0 heterocycles. The van der Waals surface area contributed by atoms with Crippen molar-refractivity contribution in [1.82, 2.24) is 4.90 Å². The SMILES string of the molecule is CCCCN(C)C(=O)C1(C(=O)Nc2c(C)cccc2C)CC1. The second kappa shape index (κ2) is 6.51. The predicted molar refractivity (Wildman–Crippen MR) is 88.8 cm³/mol. The highest BCUT2D eigenvalue weighted by atomic mass is 16.2. The molecule has 0 bridgehead atoms. The molecular formula is C18H26N2O2. The normalized spacial score (nSPS) is 15.3. The molecule has 0 aliphatic heterocycles. The first-order valence-electron chi connectivity index (χ1n) is 8.05. The van der Waals surface area contributed by atoms with Crippen LogP contribution in [0, 0.1) is 19.3 Å². The Labute approximate surface area is 132 Å². The summed E-state index contributed by atoms with van der Waals surface area (Å²) < 4.78 is 0. The van der Waals surface area contributed by atoms with Gasteiger partial charge in [0.25, 0.3) is 0 Å². The number of amides is 2. The summed E-state index contributed by atoms with van der Waals surface area (Å²) in [5, 5.41) is 2.99. The third kappa shape index (κ3) is 3.16. The van der Waals surface area contributed by atoms with Gasteiger partial charge in [-0.1, -0.05) is 31.5 Å². The van der Waals surface area contributed by atoms with E-state index in [1.807, 2.05) is 32.0 Å². The fourth-order valence-electron chi connectivity index (χ4n) is 2.77. The van der Waals surface area contributed by atoms with Gasteiger partial charge in [-0.05, 0) is 44.2 Å². The first-order chi connectivity index (χ1) is 10.4. The standard InChI is InChI=1S/C18H26N2O2/c1-5-6-12-20(4)17(22)18(10-11-18)16(21)19-15-13(2)8-7-9-14(15)3/h7-9H,5-6,10-12H2,1-4H3,(H,19,21). The smallest absolute Gasteiger partial charge is 0.240 e. The highest BCUT2D eigenvalue weighted by Crippen LogP contribution is 2.48. The van der Waals surface area contributed by atoms with Gasteiger partial charge in [0.1, 0.15) is 5.41 Å². The highest BCUT2D eigenvalue weighted by molar-refractivity contribution is 6.13. The number of benzene rings is 1. The Morgan fingerprint density at radius 1 is 1.23 bits per heavy atom. The van der Waals surface area contributed by atoms with Gasteiger partial charge in [-0.3, -0.25) is 9.59 Å². The lowest BCUT2D eigenvalue weighted by atomic mass is 10.0. The fraction of sp³-hybridized carbons (Fsp3) is 0.556. The zero-order chi connectivity index (χ0) is 16.3. The number of carbonyl (C=O) groups excluding carboxylic acids is 2. The van der Waals surface area contributed by atoms with E-state index in [1.165, 1.54) is 0 Å². The number of nitrogens with zero attached hydrogens (tertiary/aromatic N) is 1. The van der Waals surface area contributed by atoms with E-state index in [2.05, 4.69) is 12.2 Å². The third-order valence-corrected chi connectivity index (χ3v) is 4.51. The van der Waals surface area contributed by atoms with Crippen LogP contribution in [-0.2, 0) is 9.59 Å². The zero-order valence-corrected chi connectivity index (χ0v) is 14.0. The summed E-state index contributed by atoms with van der Waals surface area (Å²) in [5.74, 6) is -0.192. The van der Waals surface area contributed by atoms with Crippen LogP contribution in [0.2, 0.25) is 0 Å². The lowest BCUT2D eigenvalue weighted by Crippen LogP contribution is -2.41. The van der Waals surface area contributed by atoms with Crippen molar-refractivity contribution in [3.05, 3.63) is 29.3 Å². The lowest BCUT2D eigenvalue weighted by molar-refractivity contribution is -0.141. The number of rotatable bonds is 6. The van der Waals surface area contributed by atoms with Gasteiger partial charge in [0.15, 0.2) is 0 Å². The van der Waals surface area contributed by atoms with Gasteiger partial charge in [-0.25, -0.2) is 0 Å². The molecule has 0 atom stereocenters. The van der Waals surface area contributed by atoms with Crippen molar-refractivity contribution in [2.75, 3.05) is 18.9 Å². The molecule has 4 heteroatoms. The Balaban J connectivity index is 2.10. The number of hydrogen-bond donors (Lipinski definition) is 1. The summed E-state index contributed by atoms with van der Waals surface area (Å²) in [6.45, 7) is 6.75. The molecule has 2 rings (SSSR count). The Morgan fingerprint density at radius 3 is 2.32 bits per heavy atom. The van der Waals surface area contributed by atoms with E-state index in [0.717, 1.165) is 29.7 Å². The second-order valence-corrected chi connectivity index (χ2v) is 6.38. The number of aryl methyl sites for hydroxylation is 2. The van der Waals surface area contributed by atoms with Crippen LogP contribution in [0.3, 0.4) is 0 Å². The maximum absolute atomic E-state index is 12.7. The van der Waals surface area contributed by atoms with Crippen LogP contribution >= 0.6 is 0 Å². The molecule has 1 aromatic rings. The minimum Gasteiger partial charge on any atom is -0.345 e. The van der Waals surface area contributed by atoms with E-state index in [4.69, 9.17) is 0 Å². The molecule has 0 spiro atoms. The van der Waals surface area contributed by atoms with E-state index in [0.29, 0.717) is 19.4 Å². The molecule has 1 aliphatic carbocycles. The van der Waals surface area contributed by atoms with Gasteiger partial charge in [0, 0.05) is 19.3 Å². The maximum Gasteiger partial charge on any atom is 0.240 e. The summed E-state index contributed by atoms with van der Waals surface area (Å²) in [6.07, 6.45) is 3.31. The average Bonchev–Trinajstić information content (AvgIpc) is 3.29. The number of anilines is 1. The summed E-state index contributed by atoms with van der Waals surface area (Å²) in [4.78, 5) is 27.0. The second-order valence-electron chi connectivity index (χ2n) is 6.38.